The first-order valence-corrected chi connectivity index (χ1v) is 6.30. The number of carboxylic acid groups (broad SMARTS) is 1. The maximum absolute atomic E-state index is 10.8. The minimum Gasteiger partial charge on any atom is -0.480 e. The van der Waals surface area contributed by atoms with E-state index in [1.54, 1.807) is 0 Å². The second-order valence-corrected chi connectivity index (χ2v) is 5.15. The number of nitrogens with one attached hydrogen (secondary N) is 1. The van der Waals surface area contributed by atoms with Crippen LogP contribution in [0.1, 0.15) is 33.1 Å². The molecule has 0 aromatic rings. The van der Waals surface area contributed by atoms with Crippen molar-refractivity contribution in [3.8, 4) is 0 Å². The third-order valence-corrected chi connectivity index (χ3v) is 4.06. The Morgan fingerprint density at radius 2 is 2.43 bits per heavy atom. The lowest BCUT2D eigenvalue weighted by molar-refractivity contribution is -0.139. The van der Waals surface area contributed by atoms with E-state index in [-0.39, 0.29) is 6.04 Å². The van der Waals surface area contributed by atoms with Gasteiger partial charge in [0.1, 0.15) is 6.04 Å². The molecule has 0 aliphatic carbocycles. The van der Waals surface area contributed by atoms with Crippen LogP contribution in [0, 0.1) is 5.92 Å². The van der Waals surface area contributed by atoms with Gasteiger partial charge in [0.05, 0.1) is 5.37 Å². The Labute approximate surface area is 89.6 Å². The molecule has 0 spiro atoms. The van der Waals surface area contributed by atoms with Gasteiger partial charge in [0.25, 0.3) is 0 Å². The van der Waals surface area contributed by atoms with Gasteiger partial charge in [0.2, 0.25) is 0 Å². The highest BCUT2D eigenvalue weighted by molar-refractivity contribution is 7.99. The van der Waals surface area contributed by atoms with Gasteiger partial charge >= 0.3 is 5.97 Å². The molecule has 3 unspecified atom stereocenters. The van der Waals surface area contributed by atoms with Crippen LogP contribution in [0.3, 0.4) is 0 Å². The number of thioether (sulfide) groups is 1. The smallest absolute Gasteiger partial charge is 0.320 e. The fraction of sp³-hybridized carbons (Fsp3) is 0.900. The van der Waals surface area contributed by atoms with Crippen LogP contribution in [-0.4, -0.2) is 28.2 Å². The van der Waals surface area contributed by atoms with Crippen LogP contribution in [0.2, 0.25) is 0 Å². The summed E-state index contributed by atoms with van der Waals surface area (Å²) in [5.74, 6) is 0.814. The maximum Gasteiger partial charge on any atom is 0.320 e. The van der Waals surface area contributed by atoms with E-state index in [1.165, 1.54) is 0 Å². The number of hydrogen-bond donors (Lipinski definition) is 2. The first-order chi connectivity index (χ1) is 6.65. The average Bonchev–Trinajstić information content (AvgIpc) is 2.18. The van der Waals surface area contributed by atoms with E-state index in [0.29, 0.717) is 11.3 Å². The van der Waals surface area contributed by atoms with E-state index < -0.39 is 5.97 Å². The van der Waals surface area contributed by atoms with Gasteiger partial charge < -0.3 is 5.11 Å². The van der Waals surface area contributed by atoms with E-state index in [9.17, 15) is 4.79 Å². The molecule has 0 amide bonds. The van der Waals surface area contributed by atoms with Crippen molar-refractivity contribution in [2.24, 2.45) is 5.92 Å². The second kappa shape index (κ2) is 5.61. The van der Waals surface area contributed by atoms with E-state index >= 15 is 0 Å². The zero-order valence-electron chi connectivity index (χ0n) is 8.82. The van der Waals surface area contributed by atoms with E-state index in [0.717, 1.165) is 25.0 Å². The second-order valence-electron chi connectivity index (χ2n) is 3.90. The first kappa shape index (κ1) is 11.9. The molecule has 0 bridgehead atoms. The minimum absolute atomic E-state index is 0.324. The van der Waals surface area contributed by atoms with Gasteiger partial charge in [-0.1, -0.05) is 20.3 Å². The first-order valence-electron chi connectivity index (χ1n) is 5.25. The maximum atomic E-state index is 10.8. The molecule has 3 atom stereocenters. The average molecular weight is 217 g/mol. The zero-order chi connectivity index (χ0) is 10.6. The van der Waals surface area contributed by atoms with Crippen LogP contribution in [0.15, 0.2) is 0 Å². The summed E-state index contributed by atoms with van der Waals surface area (Å²) in [7, 11) is 0. The minimum atomic E-state index is -0.709. The third-order valence-electron chi connectivity index (χ3n) is 2.63. The Balaban J connectivity index is 2.43. The molecule has 0 aromatic heterocycles. The van der Waals surface area contributed by atoms with E-state index in [4.69, 9.17) is 5.11 Å². The summed E-state index contributed by atoms with van der Waals surface area (Å²) >= 11 is 1.86. The van der Waals surface area contributed by atoms with Crippen LogP contribution in [0.4, 0.5) is 0 Å². The van der Waals surface area contributed by atoms with Crippen LogP contribution in [0.25, 0.3) is 0 Å². The third kappa shape index (κ3) is 3.17. The number of aliphatic carboxylic acids is 1. The molecule has 1 fully saturated rings. The van der Waals surface area contributed by atoms with Crippen molar-refractivity contribution in [1.29, 1.82) is 0 Å². The van der Waals surface area contributed by atoms with E-state index in [1.807, 2.05) is 11.8 Å². The lowest BCUT2D eigenvalue weighted by Crippen LogP contribution is -2.48. The quantitative estimate of drug-likeness (QED) is 0.755. The summed E-state index contributed by atoms with van der Waals surface area (Å²) in [6.07, 6.45) is 3.07. The summed E-state index contributed by atoms with van der Waals surface area (Å²) in [6.45, 7) is 4.36. The van der Waals surface area contributed by atoms with Gasteiger partial charge in [0, 0.05) is 0 Å². The molecule has 14 heavy (non-hydrogen) atoms. The van der Waals surface area contributed by atoms with Crippen LogP contribution in [-0.2, 0) is 4.79 Å². The number of carboxylic acids is 1. The largest absolute Gasteiger partial charge is 0.480 e. The molecule has 0 radical (unpaired) electrons. The van der Waals surface area contributed by atoms with Gasteiger partial charge in [-0.2, -0.15) is 0 Å². The van der Waals surface area contributed by atoms with Crippen LogP contribution in [0.5, 0.6) is 0 Å². The lowest BCUT2D eigenvalue weighted by atomic mass is 10.0. The molecular weight excluding hydrogens is 198 g/mol. The molecule has 1 heterocycles. The number of carbonyl (C=O) groups is 1. The molecule has 1 rings (SSSR count). The van der Waals surface area contributed by atoms with Crippen molar-refractivity contribution in [2.45, 2.75) is 44.5 Å². The monoisotopic (exact) mass is 217 g/mol. The van der Waals surface area contributed by atoms with Crippen LogP contribution < -0.4 is 5.32 Å². The topological polar surface area (TPSA) is 49.3 Å². The van der Waals surface area contributed by atoms with Gasteiger partial charge in [-0.25, -0.2) is 0 Å². The summed E-state index contributed by atoms with van der Waals surface area (Å²) < 4.78 is 0. The van der Waals surface area contributed by atoms with Gasteiger partial charge in [-0.3, -0.25) is 10.1 Å². The normalized spacial score (nSPS) is 29.9. The summed E-state index contributed by atoms with van der Waals surface area (Å²) in [5, 5.41) is 12.4. The van der Waals surface area contributed by atoms with Crippen LogP contribution >= 0.6 is 11.8 Å². The van der Waals surface area contributed by atoms with Gasteiger partial charge in [0.15, 0.2) is 0 Å². The number of rotatable bonds is 4. The summed E-state index contributed by atoms with van der Waals surface area (Å²) in [6, 6.07) is -0.333. The molecule has 82 valence electrons. The highest BCUT2D eigenvalue weighted by Crippen LogP contribution is 2.26. The standard InChI is InChI=1S/C10H19NO2S/c1-3-4-7(2)9-11-8(10(12)13)5-6-14-9/h7-9,11H,3-6H2,1-2H3,(H,12,13). The van der Waals surface area contributed by atoms with Gasteiger partial charge in [-0.05, 0) is 24.5 Å². The predicted molar refractivity (Wildman–Crippen MR) is 59.5 cm³/mol. The fourth-order valence-corrected chi connectivity index (χ4v) is 3.12. The van der Waals surface area contributed by atoms with Crippen molar-refractivity contribution in [3.05, 3.63) is 0 Å². The van der Waals surface area contributed by atoms with Crippen molar-refractivity contribution >= 4 is 17.7 Å². The summed E-state index contributed by atoms with van der Waals surface area (Å²) in [5.41, 5.74) is 0. The molecule has 3 nitrogen and oxygen atoms in total. The molecule has 0 saturated carbocycles. The Kier molecular flexibility index (Phi) is 4.75. The van der Waals surface area contributed by atoms with Crippen molar-refractivity contribution < 1.29 is 9.90 Å². The molecule has 1 aliphatic heterocycles. The Bertz CT molecular complexity index is 199. The highest BCUT2D eigenvalue weighted by Gasteiger charge is 2.28. The Morgan fingerprint density at radius 3 is 3.00 bits per heavy atom. The van der Waals surface area contributed by atoms with Crippen molar-refractivity contribution in [3.63, 3.8) is 0 Å². The Morgan fingerprint density at radius 1 is 1.71 bits per heavy atom. The molecule has 4 heteroatoms. The molecule has 1 saturated heterocycles. The lowest BCUT2D eigenvalue weighted by Gasteiger charge is -2.32. The van der Waals surface area contributed by atoms with E-state index in [2.05, 4.69) is 19.2 Å². The van der Waals surface area contributed by atoms with Crippen molar-refractivity contribution in [2.75, 3.05) is 5.75 Å². The molecule has 0 aromatic carbocycles. The van der Waals surface area contributed by atoms with Gasteiger partial charge in [-0.15, -0.1) is 11.8 Å². The molecule has 1 aliphatic rings. The number of hydrogen-bond acceptors (Lipinski definition) is 3. The molecule has 2 N–H and O–H groups in total. The van der Waals surface area contributed by atoms with Crippen molar-refractivity contribution in [1.82, 2.24) is 5.32 Å². The highest BCUT2D eigenvalue weighted by atomic mass is 32.2. The summed E-state index contributed by atoms with van der Waals surface area (Å²) in [4.78, 5) is 10.8. The Hall–Kier alpha value is -0.220. The molecular formula is C10H19NO2S. The predicted octanol–water partition coefficient (Wildman–Crippen LogP) is 1.93. The zero-order valence-corrected chi connectivity index (χ0v) is 9.64. The SMILES string of the molecule is CCCC(C)C1NC(C(=O)O)CCS1. The fourth-order valence-electron chi connectivity index (χ4n) is 1.77.